The van der Waals surface area contributed by atoms with E-state index in [1.54, 1.807) is 0 Å². The summed E-state index contributed by atoms with van der Waals surface area (Å²) >= 11 is 0. The second-order valence-electron chi connectivity index (χ2n) is 16.7. The molecule has 0 saturated carbocycles. The third-order valence-corrected chi connectivity index (χ3v) is 13.3. The molecule has 6 nitrogen and oxygen atoms in total. The van der Waals surface area contributed by atoms with Crippen molar-refractivity contribution in [1.82, 2.24) is 19.5 Å². The first kappa shape index (κ1) is 35.0. The topological polar surface area (TPSA) is 66.0 Å². The molecule has 0 fully saturated rings. The number of furan rings is 1. The van der Waals surface area contributed by atoms with Crippen molar-refractivity contribution in [2.24, 2.45) is 0 Å². The van der Waals surface area contributed by atoms with Crippen LogP contribution in [0.4, 0.5) is 0 Å². The Balaban J connectivity index is 1.01. The van der Waals surface area contributed by atoms with Gasteiger partial charge >= 0.3 is 0 Å². The summed E-state index contributed by atoms with van der Waals surface area (Å²) in [7, 11) is 0. The van der Waals surface area contributed by atoms with Gasteiger partial charge in [0.1, 0.15) is 22.7 Å². The highest BCUT2D eigenvalue weighted by Gasteiger charge is 2.51. The molecule has 1 aliphatic heterocycles. The van der Waals surface area contributed by atoms with Crippen molar-refractivity contribution in [2.45, 2.75) is 5.41 Å². The van der Waals surface area contributed by atoms with E-state index in [9.17, 15) is 0 Å². The van der Waals surface area contributed by atoms with Crippen LogP contribution in [0, 0.1) is 0 Å². The molecule has 1 aliphatic carbocycles. The number of aromatic nitrogens is 4. The van der Waals surface area contributed by atoms with Gasteiger partial charge in [-0.15, -0.1) is 0 Å². The minimum Gasteiger partial charge on any atom is -0.457 e. The quantitative estimate of drug-likeness (QED) is 0.177. The number of nitrogens with zero attached hydrogens (tertiary/aromatic N) is 4. The predicted molar refractivity (Wildman–Crippen MR) is 255 cm³/mol. The van der Waals surface area contributed by atoms with E-state index in [2.05, 4.69) is 150 Å². The fraction of sp³-hybridized carbons (Fsp3) is 0.0172. The molecule has 0 amide bonds. The highest BCUT2D eigenvalue weighted by molar-refractivity contribution is 6.12. The van der Waals surface area contributed by atoms with Crippen LogP contribution in [0.25, 0.3) is 94.7 Å². The summed E-state index contributed by atoms with van der Waals surface area (Å²) in [6.45, 7) is 0. The van der Waals surface area contributed by atoms with Crippen LogP contribution in [-0.2, 0) is 5.41 Å². The lowest BCUT2D eigenvalue weighted by atomic mass is 9.66. The fourth-order valence-corrected chi connectivity index (χ4v) is 10.7. The summed E-state index contributed by atoms with van der Waals surface area (Å²) in [5.41, 5.74) is 14.1. The largest absolute Gasteiger partial charge is 0.457 e. The van der Waals surface area contributed by atoms with E-state index in [1.165, 1.54) is 22.3 Å². The molecule has 0 N–H and O–H groups in total. The van der Waals surface area contributed by atoms with Gasteiger partial charge < -0.3 is 13.7 Å². The molecule has 0 atom stereocenters. The standard InChI is InChI=1S/C58H34N4O2/c1-2-16-35(17-3-1)55-59-56(61-57(60-55)42-24-15-31-52-54(42)41-23-7-12-29-50(41)63-52)36-18-14-19-37(32-36)62-48-28-11-6-22-40(48)43-33-53-47(34-49(43)62)58(46-27-10-13-30-51(46)64-53)44-25-8-4-20-38(44)39-21-5-9-26-45(39)58/h1-34H. The molecule has 64 heavy (non-hydrogen) atoms. The molecule has 0 radical (unpaired) electrons. The lowest BCUT2D eigenvalue weighted by Gasteiger charge is -2.39. The van der Waals surface area contributed by atoms with Crippen LogP contribution in [0.5, 0.6) is 11.5 Å². The van der Waals surface area contributed by atoms with Gasteiger partial charge in [-0.3, -0.25) is 0 Å². The molecular formula is C58H34N4O2. The van der Waals surface area contributed by atoms with Gasteiger partial charge in [0, 0.05) is 55.0 Å². The van der Waals surface area contributed by atoms with Crippen molar-refractivity contribution < 1.29 is 9.15 Å². The van der Waals surface area contributed by atoms with E-state index < -0.39 is 5.41 Å². The minimum absolute atomic E-state index is 0.580. The maximum atomic E-state index is 6.95. The van der Waals surface area contributed by atoms with Gasteiger partial charge in [0.05, 0.1) is 16.4 Å². The molecule has 6 heteroatoms. The second-order valence-corrected chi connectivity index (χ2v) is 16.7. The number of rotatable bonds is 4. The zero-order valence-corrected chi connectivity index (χ0v) is 34.2. The molecule has 12 aromatic rings. The molecule has 4 heterocycles. The molecule has 9 aromatic carbocycles. The van der Waals surface area contributed by atoms with E-state index in [0.717, 1.165) is 88.7 Å². The monoisotopic (exact) mass is 818 g/mol. The van der Waals surface area contributed by atoms with Crippen molar-refractivity contribution in [3.63, 3.8) is 0 Å². The van der Waals surface area contributed by atoms with Crippen LogP contribution >= 0.6 is 0 Å². The molecule has 298 valence electrons. The van der Waals surface area contributed by atoms with E-state index in [1.807, 2.05) is 60.7 Å². The summed E-state index contributed by atoms with van der Waals surface area (Å²) in [6.07, 6.45) is 0. The van der Waals surface area contributed by atoms with Crippen molar-refractivity contribution in [1.29, 1.82) is 0 Å². The van der Waals surface area contributed by atoms with Crippen molar-refractivity contribution >= 4 is 43.7 Å². The molecule has 3 aromatic heterocycles. The summed E-state index contributed by atoms with van der Waals surface area (Å²) in [4.78, 5) is 15.6. The maximum absolute atomic E-state index is 6.95. The SMILES string of the molecule is c1ccc(-c2nc(-c3cccc(-n4c5ccccc5c5cc6c(cc54)C4(c5ccccc5O6)c5ccccc5-c5ccccc54)c3)nc(-c3cccc4oc5ccccc5c34)n2)cc1. The molecule has 0 saturated heterocycles. The summed E-state index contributed by atoms with van der Waals surface area (Å²) < 4.78 is 15.6. The van der Waals surface area contributed by atoms with Gasteiger partial charge in [0.2, 0.25) is 0 Å². The fourth-order valence-electron chi connectivity index (χ4n) is 10.7. The van der Waals surface area contributed by atoms with Crippen LogP contribution in [0.15, 0.2) is 211 Å². The number of hydrogen-bond acceptors (Lipinski definition) is 5. The van der Waals surface area contributed by atoms with E-state index in [0.29, 0.717) is 17.5 Å². The first-order chi connectivity index (χ1) is 31.7. The molecule has 14 rings (SSSR count). The molecular weight excluding hydrogens is 785 g/mol. The zero-order chi connectivity index (χ0) is 41.9. The summed E-state index contributed by atoms with van der Waals surface area (Å²) in [6, 6.07) is 72.5. The van der Waals surface area contributed by atoms with Crippen LogP contribution in [0.1, 0.15) is 22.3 Å². The smallest absolute Gasteiger partial charge is 0.164 e. The first-order valence-electron chi connectivity index (χ1n) is 21.6. The zero-order valence-electron chi connectivity index (χ0n) is 34.2. The number of fused-ring (bicyclic) bond motifs is 15. The van der Waals surface area contributed by atoms with Gasteiger partial charge in [0.25, 0.3) is 0 Å². The van der Waals surface area contributed by atoms with Gasteiger partial charge in [-0.25, -0.2) is 15.0 Å². The van der Waals surface area contributed by atoms with Crippen LogP contribution in [0.3, 0.4) is 0 Å². The predicted octanol–water partition coefficient (Wildman–Crippen LogP) is 14.3. The number of hydrogen-bond donors (Lipinski definition) is 0. The van der Waals surface area contributed by atoms with E-state index in [4.69, 9.17) is 24.1 Å². The molecule has 1 spiro atoms. The van der Waals surface area contributed by atoms with Crippen LogP contribution in [-0.4, -0.2) is 19.5 Å². The van der Waals surface area contributed by atoms with Crippen LogP contribution < -0.4 is 4.74 Å². The second kappa shape index (κ2) is 13.2. The van der Waals surface area contributed by atoms with Crippen LogP contribution in [0.2, 0.25) is 0 Å². The minimum atomic E-state index is -0.590. The average Bonchev–Trinajstić information content (AvgIpc) is 4.00. The Morgan fingerprint density at radius 2 is 0.984 bits per heavy atom. The van der Waals surface area contributed by atoms with Gasteiger partial charge in [0.15, 0.2) is 17.5 Å². The van der Waals surface area contributed by atoms with Crippen molar-refractivity contribution in [3.05, 3.63) is 229 Å². The van der Waals surface area contributed by atoms with Crippen molar-refractivity contribution in [2.75, 3.05) is 0 Å². The van der Waals surface area contributed by atoms with E-state index in [-0.39, 0.29) is 0 Å². The van der Waals surface area contributed by atoms with Gasteiger partial charge in [-0.1, -0.05) is 158 Å². The Labute approximate surface area is 367 Å². The number of ether oxygens (including phenoxy) is 1. The normalized spacial score (nSPS) is 13.2. The average molecular weight is 819 g/mol. The third-order valence-electron chi connectivity index (χ3n) is 13.3. The third kappa shape index (κ3) is 4.82. The molecule has 0 bridgehead atoms. The lowest BCUT2D eigenvalue weighted by Crippen LogP contribution is -2.32. The Morgan fingerprint density at radius 1 is 0.375 bits per heavy atom. The highest BCUT2D eigenvalue weighted by Crippen LogP contribution is 2.62. The Bertz CT molecular complexity index is 3860. The highest BCUT2D eigenvalue weighted by atomic mass is 16.5. The van der Waals surface area contributed by atoms with E-state index >= 15 is 0 Å². The Morgan fingerprint density at radius 3 is 1.81 bits per heavy atom. The van der Waals surface area contributed by atoms with Gasteiger partial charge in [-0.05, 0) is 70.8 Å². The molecule has 0 unspecified atom stereocenters. The van der Waals surface area contributed by atoms with Crippen molar-refractivity contribution in [3.8, 4) is 62.5 Å². The summed E-state index contributed by atoms with van der Waals surface area (Å²) in [5.74, 6) is 3.50. The number of para-hydroxylation sites is 3. The van der Waals surface area contributed by atoms with Gasteiger partial charge in [-0.2, -0.15) is 0 Å². The first-order valence-corrected chi connectivity index (χ1v) is 21.6. The lowest BCUT2D eigenvalue weighted by molar-refractivity contribution is 0.437. The summed E-state index contributed by atoms with van der Waals surface area (Å²) in [5, 5.41) is 4.26. The Hall–Kier alpha value is -8.61. The molecule has 2 aliphatic rings. The number of benzene rings is 9. The maximum Gasteiger partial charge on any atom is 0.164 e. The Kier molecular flexibility index (Phi) is 7.22.